The van der Waals surface area contributed by atoms with Gasteiger partial charge in [-0.2, -0.15) is 0 Å². The van der Waals surface area contributed by atoms with Gasteiger partial charge in [0.05, 0.1) is 25.0 Å². The summed E-state index contributed by atoms with van der Waals surface area (Å²) in [6.45, 7) is 5.61. The molecule has 3 rings (SSSR count). The van der Waals surface area contributed by atoms with Gasteiger partial charge in [0, 0.05) is 24.5 Å². The lowest BCUT2D eigenvalue weighted by Crippen LogP contribution is -2.45. The number of benzene rings is 2. The van der Waals surface area contributed by atoms with Gasteiger partial charge in [0.2, 0.25) is 0 Å². The summed E-state index contributed by atoms with van der Waals surface area (Å²) in [5.74, 6) is 0.0770. The highest BCUT2D eigenvalue weighted by atomic mass is 16.5. The predicted molar refractivity (Wildman–Crippen MR) is 115 cm³/mol. The minimum absolute atomic E-state index is 0.182. The van der Waals surface area contributed by atoms with Crippen molar-refractivity contribution < 1.29 is 23.8 Å². The number of nitrogens with zero attached hydrogens (tertiary/aromatic N) is 1. The van der Waals surface area contributed by atoms with E-state index in [2.05, 4.69) is 34.1 Å². The molecule has 0 saturated carbocycles. The van der Waals surface area contributed by atoms with E-state index in [1.54, 1.807) is 24.3 Å². The van der Waals surface area contributed by atoms with Crippen LogP contribution in [0.3, 0.4) is 0 Å². The summed E-state index contributed by atoms with van der Waals surface area (Å²) < 4.78 is 15.9. The molecular weight excluding hydrogens is 386 g/mol. The van der Waals surface area contributed by atoms with Crippen LogP contribution in [0.4, 0.5) is 21.9 Å². The standard InChI is InChI=1S/C22H27N3O5/c1-15-12-25(13-16(2)30-15)18-10-8-17(9-11-18)23-21(26)14-29-20-7-5-4-6-19(20)24-22(27)28-3/h4-11,15-16H,12-14H2,1-3H3,(H,23,26)(H,24,27). The number of para-hydroxylation sites is 2. The lowest BCUT2D eigenvalue weighted by molar-refractivity contribution is -0.118. The van der Waals surface area contributed by atoms with Crippen molar-refractivity contribution in [2.24, 2.45) is 0 Å². The highest BCUT2D eigenvalue weighted by Crippen LogP contribution is 2.24. The number of morpholine rings is 1. The quantitative estimate of drug-likeness (QED) is 0.754. The zero-order valence-electron chi connectivity index (χ0n) is 17.4. The van der Waals surface area contributed by atoms with Gasteiger partial charge in [-0.05, 0) is 50.2 Å². The molecule has 0 spiro atoms. The summed E-state index contributed by atoms with van der Waals surface area (Å²) >= 11 is 0. The number of amides is 2. The van der Waals surface area contributed by atoms with E-state index < -0.39 is 6.09 Å². The molecule has 2 unspecified atom stereocenters. The summed E-state index contributed by atoms with van der Waals surface area (Å²) in [6, 6.07) is 14.5. The first kappa shape index (κ1) is 21.4. The van der Waals surface area contributed by atoms with Crippen molar-refractivity contribution in [3.63, 3.8) is 0 Å². The minimum atomic E-state index is -0.611. The molecule has 1 heterocycles. The van der Waals surface area contributed by atoms with Gasteiger partial charge in [-0.3, -0.25) is 10.1 Å². The van der Waals surface area contributed by atoms with E-state index in [9.17, 15) is 9.59 Å². The first-order valence-corrected chi connectivity index (χ1v) is 9.81. The van der Waals surface area contributed by atoms with Crippen LogP contribution in [0.5, 0.6) is 5.75 Å². The Morgan fingerprint density at radius 1 is 1.03 bits per heavy atom. The Balaban J connectivity index is 1.54. The molecule has 8 heteroatoms. The van der Waals surface area contributed by atoms with Crippen LogP contribution in [-0.4, -0.2) is 51.0 Å². The fraction of sp³-hybridized carbons (Fsp3) is 0.364. The second kappa shape index (κ2) is 9.98. The Hall–Kier alpha value is -3.26. The first-order valence-electron chi connectivity index (χ1n) is 9.81. The van der Waals surface area contributed by atoms with Gasteiger partial charge in [0.15, 0.2) is 6.61 Å². The van der Waals surface area contributed by atoms with Crippen molar-refractivity contribution in [2.75, 3.05) is 42.3 Å². The predicted octanol–water partition coefficient (Wildman–Crippen LogP) is 3.50. The normalized spacial score (nSPS) is 18.4. The highest BCUT2D eigenvalue weighted by molar-refractivity contribution is 5.92. The Labute approximate surface area is 176 Å². The van der Waals surface area contributed by atoms with Gasteiger partial charge >= 0.3 is 6.09 Å². The average molecular weight is 413 g/mol. The molecule has 2 aromatic rings. The molecule has 2 N–H and O–H groups in total. The number of carbonyl (C=O) groups is 2. The summed E-state index contributed by atoms with van der Waals surface area (Å²) in [7, 11) is 1.28. The molecule has 0 aromatic heterocycles. The Kier molecular flexibility index (Phi) is 7.13. The number of hydrogen-bond donors (Lipinski definition) is 2. The molecule has 1 fully saturated rings. The maximum Gasteiger partial charge on any atom is 0.411 e. The van der Waals surface area contributed by atoms with Crippen molar-refractivity contribution >= 4 is 29.1 Å². The number of hydrogen-bond acceptors (Lipinski definition) is 6. The Morgan fingerprint density at radius 2 is 1.70 bits per heavy atom. The second-order valence-electron chi connectivity index (χ2n) is 7.16. The third-order valence-corrected chi connectivity index (χ3v) is 4.60. The largest absolute Gasteiger partial charge is 0.482 e. The third-order valence-electron chi connectivity index (χ3n) is 4.60. The molecule has 160 valence electrons. The van der Waals surface area contributed by atoms with E-state index in [4.69, 9.17) is 9.47 Å². The maximum absolute atomic E-state index is 12.3. The van der Waals surface area contributed by atoms with Gasteiger partial charge in [-0.15, -0.1) is 0 Å². The molecular formula is C22H27N3O5. The number of methoxy groups -OCH3 is 1. The SMILES string of the molecule is COC(=O)Nc1ccccc1OCC(=O)Nc1ccc(N2CC(C)OC(C)C2)cc1. The van der Waals surface area contributed by atoms with Gasteiger partial charge < -0.3 is 24.4 Å². The molecule has 1 aliphatic rings. The van der Waals surface area contributed by atoms with Crippen LogP contribution in [0.1, 0.15) is 13.8 Å². The molecule has 0 aliphatic carbocycles. The second-order valence-corrected chi connectivity index (χ2v) is 7.16. The van der Waals surface area contributed by atoms with Crippen LogP contribution in [-0.2, 0) is 14.3 Å². The number of carbonyl (C=O) groups excluding carboxylic acids is 2. The van der Waals surface area contributed by atoms with Gasteiger partial charge in [-0.1, -0.05) is 12.1 Å². The molecule has 1 saturated heterocycles. The van der Waals surface area contributed by atoms with Crippen molar-refractivity contribution in [3.05, 3.63) is 48.5 Å². The summed E-state index contributed by atoms with van der Waals surface area (Å²) in [5.41, 5.74) is 2.20. The zero-order chi connectivity index (χ0) is 21.5. The summed E-state index contributed by atoms with van der Waals surface area (Å²) in [4.78, 5) is 26.0. The monoisotopic (exact) mass is 413 g/mol. The van der Waals surface area contributed by atoms with Crippen LogP contribution in [0, 0.1) is 0 Å². The van der Waals surface area contributed by atoms with E-state index in [0.717, 1.165) is 18.8 Å². The molecule has 0 radical (unpaired) electrons. The van der Waals surface area contributed by atoms with Crippen LogP contribution >= 0.6 is 0 Å². The smallest absolute Gasteiger partial charge is 0.411 e. The van der Waals surface area contributed by atoms with Crippen molar-refractivity contribution in [2.45, 2.75) is 26.1 Å². The van der Waals surface area contributed by atoms with E-state index in [0.29, 0.717) is 17.1 Å². The first-order chi connectivity index (χ1) is 14.4. The third kappa shape index (κ3) is 5.87. The molecule has 1 aliphatic heterocycles. The topological polar surface area (TPSA) is 89.1 Å². The number of anilines is 3. The van der Waals surface area contributed by atoms with E-state index >= 15 is 0 Å². The van der Waals surface area contributed by atoms with Crippen LogP contribution < -0.4 is 20.3 Å². The van der Waals surface area contributed by atoms with Crippen LogP contribution in [0.15, 0.2) is 48.5 Å². The zero-order valence-corrected chi connectivity index (χ0v) is 17.4. The van der Waals surface area contributed by atoms with Gasteiger partial charge in [-0.25, -0.2) is 4.79 Å². The van der Waals surface area contributed by atoms with E-state index in [-0.39, 0.29) is 24.7 Å². The fourth-order valence-corrected chi connectivity index (χ4v) is 3.34. The fourth-order valence-electron chi connectivity index (χ4n) is 3.34. The maximum atomic E-state index is 12.3. The van der Waals surface area contributed by atoms with Gasteiger partial charge in [0.25, 0.3) is 5.91 Å². The Morgan fingerprint density at radius 3 is 2.37 bits per heavy atom. The summed E-state index contributed by atoms with van der Waals surface area (Å²) in [5, 5.41) is 5.36. The van der Waals surface area contributed by atoms with E-state index in [1.165, 1.54) is 7.11 Å². The number of rotatable bonds is 6. The van der Waals surface area contributed by atoms with E-state index in [1.807, 2.05) is 24.3 Å². The van der Waals surface area contributed by atoms with Crippen LogP contribution in [0.2, 0.25) is 0 Å². The molecule has 2 amide bonds. The summed E-state index contributed by atoms with van der Waals surface area (Å²) in [6.07, 6.45) is -0.247. The average Bonchev–Trinajstić information content (AvgIpc) is 2.73. The Bertz CT molecular complexity index is 861. The lowest BCUT2D eigenvalue weighted by Gasteiger charge is -2.36. The molecule has 0 bridgehead atoms. The molecule has 2 aromatic carbocycles. The molecule has 8 nitrogen and oxygen atoms in total. The minimum Gasteiger partial charge on any atom is -0.482 e. The van der Waals surface area contributed by atoms with Crippen molar-refractivity contribution in [3.8, 4) is 5.75 Å². The number of nitrogens with one attached hydrogen (secondary N) is 2. The van der Waals surface area contributed by atoms with Crippen molar-refractivity contribution in [1.82, 2.24) is 0 Å². The lowest BCUT2D eigenvalue weighted by atomic mass is 10.2. The van der Waals surface area contributed by atoms with Gasteiger partial charge in [0.1, 0.15) is 5.75 Å². The van der Waals surface area contributed by atoms with Crippen LogP contribution in [0.25, 0.3) is 0 Å². The highest BCUT2D eigenvalue weighted by Gasteiger charge is 2.22. The number of ether oxygens (including phenoxy) is 3. The molecule has 30 heavy (non-hydrogen) atoms. The molecule has 2 atom stereocenters. The van der Waals surface area contributed by atoms with Crippen molar-refractivity contribution in [1.29, 1.82) is 0 Å².